The largest absolute Gasteiger partial charge is 0.454 e. The van der Waals surface area contributed by atoms with Crippen molar-refractivity contribution in [2.24, 2.45) is 0 Å². The molecule has 0 saturated heterocycles. The number of nitrogen functional groups attached to an aromatic ring is 2. The summed E-state index contributed by atoms with van der Waals surface area (Å²) in [6, 6.07) is 3.33. The minimum absolute atomic E-state index is 0.248. The number of rotatable bonds is 0. The summed E-state index contributed by atoms with van der Waals surface area (Å²) in [5.41, 5.74) is 12.1. The normalized spacial score (nSPS) is 13.5. The highest BCUT2D eigenvalue weighted by molar-refractivity contribution is 5.69. The Kier molecular flexibility index (Phi) is 1.09. The van der Waals surface area contributed by atoms with Gasteiger partial charge in [-0.3, -0.25) is 0 Å². The van der Waals surface area contributed by atoms with Gasteiger partial charge < -0.3 is 20.9 Å². The third kappa shape index (κ3) is 0.832. The second kappa shape index (κ2) is 1.95. The van der Waals surface area contributed by atoms with Crippen molar-refractivity contribution in [2.45, 2.75) is 0 Å². The van der Waals surface area contributed by atoms with Crippen molar-refractivity contribution in [3.05, 3.63) is 12.1 Å². The van der Waals surface area contributed by atoms with Crippen LogP contribution in [0.3, 0.4) is 0 Å². The van der Waals surface area contributed by atoms with Gasteiger partial charge in [-0.05, 0) is 0 Å². The lowest BCUT2D eigenvalue weighted by Crippen LogP contribution is -1.93. The summed E-state index contributed by atoms with van der Waals surface area (Å²) in [7, 11) is 0. The monoisotopic (exact) mass is 152 g/mol. The van der Waals surface area contributed by atoms with Crippen LogP contribution < -0.4 is 20.9 Å². The van der Waals surface area contributed by atoms with E-state index in [-0.39, 0.29) is 6.79 Å². The first-order chi connectivity index (χ1) is 5.27. The molecule has 0 unspecified atom stereocenters. The number of ether oxygens (including phenoxy) is 2. The first kappa shape index (κ1) is 6.15. The molecule has 11 heavy (non-hydrogen) atoms. The standard InChI is InChI=1S/C7H8N2O2/c8-4-1-6-7(2-5(4)9)11-3-10-6/h1-2H,3,8-9H2. The molecule has 0 radical (unpaired) electrons. The second-order valence-corrected chi connectivity index (χ2v) is 2.33. The Bertz CT molecular complexity index is 270. The molecule has 1 aliphatic heterocycles. The van der Waals surface area contributed by atoms with Gasteiger partial charge >= 0.3 is 0 Å². The van der Waals surface area contributed by atoms with E-state index < -0.39 is 0 Å². The molecule has 0 atom stereocenters. The van der Waals surface area contributed by atoms with Gasteiger partial charge in [-0.15, -0.1) is 0 Å². The molecule has 0 amide bonds. The molecule has 0 saturated carbocycles. The maximum absolute atomic E-state index is 5.53. The lowest BCUT2D eigenvalue weighted by molar-refractivity contribution is 0.174. The molecule has 58 valence electrons. The molecule has 4 heteroatoms. The van der Waals surface area contributed by atoms with Gasteiger partial charge in [0.1, 0.15) is 0 Å². The lowest BCUT2D eigenvalue weighted by atomic mass is 10.2. The summed E-state index contributed by atoms with van der Waals surface area (Å²) in [6.45, 7) is 0.248. The van der Waals surface area contributed by atoms with E-state index in [1.165, 1.54) is 0 Å². The summed E-state index contributed by atoms with van der Waals surface area (Å²) < 4.78 is 10.2. The third-order valence-corrected chi connectivity index (χ3v) is 1.58. The molecule has 4 nitrogen and oxygen atoms in total. The molecule has 1 aromatic carbocycles. The zero-order chi connectivity index (χ0) is 7.84. The van der Waals surface area contributed by atoms with Gasteiger partial charge in [0.25, 0.3) is 0 Å². The Labute approximate surface area is 63.7 Å². The second-order valence-electron chi connectivity index (χ2n) is 2.33. The molecule has 1 aromatic rings. The van der Waals surface area contributed by atoms with E-state index in [1.807, 2.05) is 0 Å². The molecule has 4 N–H and O–H groups in total. The SMILES string of the molecule is Nc1cc2c(cc1N)OCO2. The van der Waals surface area contributed by atoms with E-state index in [4.69, 9.17) is 20.9 Å². The van der Waals surface area contributed by atoms with Crippen LogP contribution in [0.5, 0.6) is 11.5 Å². The first-order valence-electron chi connectivity index (χ1n) is 3.22. The fraction of sp³-hybridized carbons (Fsp3) is 0.143. The number of fused-ring (bicyclic) bond motifs is 1. The van der Waals surface area contributed by atoms with Gasteiger partial charge in [0, 0.05) is 12.1 Å². The Morgan fingerprint density at radius 2 is 1.45 bits per heavy atom. The molecular weight excluding hydrogens is 144 g/mol. The molecule has 0 aromatic heterocycles. The van der Waals surface area contributed by atoms with Crippen LogP contribution in [0.25, 0.3) is 0 Å². The summed E-state index contributed by atoms with van der Waals surface area (Å²) in [4.78, 5) is 0. The van der Waals surface area contributed by atoms with Gasteiger partial charge in [0.2, 0.25) is 6.79 Å². The van der Waals surface area contributed by atoms with Gasteiger partial charge in [-0.2, -0.15) is 0 Å². The maximum atomic E-state index is 5.53. The van der Waals surface area contributed by atoms with Gasteiger partial charge in [0.15, 0.2) is 11.5 Å². The van der Waals surface area contributed by atoms with Crippen molar-refractivity contribution >= 4 is 11.4 Å². The highest BCUT2D eigenvalue weighted by Gasteiger charge is 2.14. The minimum atomic E-state index is 0.248. The van der Waals surface area contributed by atoms with Gasteiger partial charge in [-0.1, -0.05) is 0 Å². The molecule has 1 aliphatic rings. The first-order valence-corrected chi connectivity index (χ1v) is 3.22. The molecule has 0 spiro atoms. The molecular formula is C7H8N2O2. The highest BCUT2D eigenvalue weighted by Crippen LogP contribution is 2.36. The fourth-order valence-electron chi connectivity index (χ4n) is 0.973. The Morgan fingerprint density at radius 1 is 1.00 bits per heavy atom. The summed E-state index contributed by atoms with van der Waals surface area (Å²) in [5.74, 6) is 1.33. The van der Waals surface area contributed by atoms with Crippen LogP contribution in [0.4, 0.5) is 11.4 Å². The van der Waals surface area contributed by atoms with E-state index in [2.05, 4.69) is 0 Å². The number of benzene rings is 1. The van der Waals surface area contributed by atoms with E-state index in [9.17, 15) is 0 Å². The summed E-state index contributed by atoms with van der Waals surface area (Å²) >= 11 is 0. The van der Waals surface area contributed by atoms with Crippen molar-refractivity contribution < 1.29 is 9.47 Å². The van der Waals surface area contributed by atoms with Crippen LogP contribution in [0, 0.1) is 0 Å². The predicted molar refractivity (Wildman–Crippen MR) is 41.4 cm³/mol. The van der Waals surface area contributed by atoms with Crippen LogP contribution >= 0.6 is 0 Å². The van der Waals surface area contributed by atoms with Gasteiger partial charge in [-0.25, -0.2) is 0 Å². The van der Waals surface area contributed by atoms with Crippen molar-refractivity contribution in [1.82, 2.24) is 0 Å². The molecule has 2 rings (SSSR count). The van der Waals surface area contributed by atoms with E-state index >= 15 is 0 Å². The average Bonchev–Trinajstić information content (AvgIpc) is 2.36. The Hall–Kier alpha value is -1.58. The Balaban J connectivity index is 2.57. The zero-order valence-electron chi connectivity index (χ0n) is 5.83. The number of anilines is 2. The summed E-state index contributed by atoms with van der Waals surface area (Å²) in [6.07, 6.45) is 0. The topological polar surface area (TPSA) is 70.5 Å². The van der Waals surface area contributed by atoms with Crippen molar-refractivity contribution in [2.75, 3.05) is 18.3 Å². The Morgan fingerprint density at radius 3 is 1.91 bits per heavy atom. The van der Waals surface area contributed by atoms with E-state index in [0.29, 0.717) is 22.9 Å². The van der Waals surface area contributed by atoms with Crippen LogP contribution in [0.2, 0.25) is 0 Å². The smallest absolute Gasteiger partial charge is 0.231 e. The summed E-state index contributed by atoms with van der Waals surface area (Å²) in [5, 5.41) is 0. The predicted octanol–water partition coefficient (Wildman–Crippen LogP) is 0.580. The minimum Gasteiger partial charge on any atom is -0.454 e. The molecule has 0 bridgehead atoms. The third-order valence-electron chi connectivity index (χ3n) is 1.58. The van der Waals surface area contributed by atoms with E-state index in [1.54, 1.807) is 12.1 Å². The molecule has 0 aliphatic carbocycles. The van der Waals surface area contributed by atoms with Gasteiger partial charge in [0.05, 0.1) is 11.4 Å². The van der Waals surface area contributed by atoms with E-state index in [0.717, 1.165) is 0 Å². The van der Waals surface area contributed by atoms with Crippen LogP contribution in [-0.4, -0.2) is 6.79 Å². The van der Waals surface area contributed by atoms with Crippen LogP contribution in [-0.2, 0) is 0 Å². The number of nitrogens with two attached hydrogens (primary N) is 2. The van der Waals surface area contributed by atoms with Crippen LogP contribution in [0.15, 0.2) is 12.1 Å². The molecule has 1 heterocycles. The van der Waals surface area contributed by atoms with Crippen molar-refractivity contribution in [3.63, 3.8) is 0 Å². The molecule has 0 fully saturated rings. The number of hydrogen-bond acceptors (Lipinski definition) is 4. The average molecular weight is 152 g/mol. The highest BCUT2D eigenvalue weighted by atomic mass is 16.7. The number of hydrogen-bond donors (Lipinski definition) is 2. The van der Waals surface area contributed by atoms with Crippen molar-refractivity contribution in [3.8, 4) is 11.5 Å². The quantitative estimate of drug-likeness (QED) is 0.533. The lowest BCUT2D eigenvalue weighted by Gasteiger charge is -2.00. The zero-order valence-corrected chi connectivity index (χ0v) is 5.83. The maximum Gasteiger partial charge on any atom is 0.231 e. The van der Waals surface area contributed by atoms with Crippen LogP contribution in [0.1, 0.15) is 0 Å². The van der Waals surface area contributed by atoms with Crippen molar-refractivity contribution in [1.29, 1.82) is 0 Å². The fourth-order valence-corrected chi connectivity index (χ4v) is 0.973.